The number of hydrogen-bond donors (Lipinski definition) is 1. The summed E-state index contributed by atoms with van der Waals surface area (Å²) < 4.78 is 24.7. The summed E-state index contributed by atoms with van der Waals surface area (Å²) in [6.07, 6.45) is 3.32. The Labute approximate surface area is 265 Å². The lowest BCUT2D eigenvalue weighted by Gasteiger charge is -2.35. The van der Waals surface area contributed by atoms with Gasteiger partial charge in [0, 0.05) is 28.7 Å². The molecule has 3 aliphatic heterocycles. The average Bonchev–Trinajstić information content (AvgIpc) is 3.74. The zero-order chi connectivity index (χ0) is 31.6. The van der Waals surface area contributed by atoms with E-state index in [2.05, 4.69) is 64.7 Å². The van der Waals surface area contributed by atoms with Crippen molar-refractivity contribution in [1.29, 1.82) is 0 Å². The van der Waals surface area contributed by atoms with Gasteiger partial charge in [0.2, 0.25) is 0 Å². The summed E-state index contributed by atoms with van der Waals surface area (Å²) in [5, 5.41) is 0. The van der Waals surface area contributed by atoms with Crippen LogP contribution in [0.25, 0.3) is 11.4 Å². The molecule has 0 unspecified atom stereocenters. The van der Waals surface area contributed by atoms with Crippen LogP contribution in [0.1, 0.15) is 82.8 Å². The van der Waals surface area contributed by atoms with E-state index in [1.54, 1.807) is 4.90 Å². The van der Waals surface area contributed by atoms with E-state index in [9.17, 15) is 4.79 Å². The number of likely N-dealkylation sites (tertiary alicyclic amines) is 1. The van der Waals surface area contributed by atoms with Gasteiger partial charge in [-0.15, -0.1) is 0 Å². The number of benzene rings is 3. The molecule has 3 aliphatic rings. The molecule has 0 aliphatic carbocycles. The standard InChI is InChI=1S/C36H40BN3O5/c1-34(2)26-16-15-25(37-44-35(3,4)36(5,6)45-37)20-31(26)43-30-17-14-24(19-27(30)34)32-38-21-28(39-32)29-13-10-18-40(29)33(41)42-22-23-11-8-7-9-12-23/h7-9,11-12,14-17,19-21,29H,10,13,18,22H2,1-6H3,(H,38,39)/t29-/m1/s1. The molecule has 0 radical (unpaired) electrons. The number of nitrogens with one attached hydrogen (secondary N) is 1. The van der Waals surface area contributed by atoms with Gasteiger partial charge in [0.05, 0.1) is 29.1 Å². The fraction of sp³-hybridized carbons (Fsp3) is 0.389. The van der Waals surface area contributed by atoms with Crippen molar-refractivity contribution in [3.63, 3.8) is 0 Å². The number of carbonyl (C=O) groups is 1. The van der Waals surface area contributed by atoms with Gasteiger partial charge in [-0.25, -0.2) is 9.78 Å². The first-order valence-corrected chi connectivity index (χ1v) is 15.8. The molecule has 3 aromatic carbocycles. The van der Waals surface area contributed by atoms with E-state index in [1.807, 2.05) is 54.7 Å². The van der Waals surface area contributed by atoms with Gasteiger partial charge in [0.15, 0.2) is 0 Å². The minimum absolute atomic E-state index is 0.100. The Morgan fingerprint density at radius 1 is 0.956 bits per heavy atom. The minimum atomic E-state index is -0.453. The van der Waals surface area contributed by atoms with Gasteiger partial charge in [-0.1, -0.05) is 56.3 Å². The molecule has 232 valence electrons. The molecule has 8 nitrogen and oxygen atoms in total. The highest BCUT2D eigenvalue weighted by Gasteiger charge is 2.52. The smallest absolute Gasteiger partial charge is 0.457 e. The van der Waals surface area contributed by atoms with Crippen LogP contribution in [0.15, 0.2) is 72.9 Å². The molecule has 0 saturated carbocycles. The van der Waals surface area contributed by atoms with Crippen molar-refractivity contribution in [1.82, 2.24) is 14.9 Å². The van der Waals surface area contributed by atoms with Crippen molar-refractivity contribution in [3.05, 3.63) is 95.3 Å². The van der Waals surface area contributed by atoms with Crippen LogP contribution in [0.3, 0.4) is 0 Å². The number of amides is 1. The fourth-order valence-electron chi connectivity index (χ4n) is 6.55. The Morgan fingerprint density at radius 2 is 1.71 bits per heavy atom. The predicted octanol–water partition coefficient (Wildman–Crippen LogP) is 7.28. The maximum absolute atomic E-state index is 13.0. The van der Waals surface area contributed by atoms with Crippen LogP contribution in [0.2, 0.25) is 0 Å². The van der Waals surface area contributed by atoms with Gasteiger partial charge >= 0.3 is 13.2 Å². The van der Waals surface area contributed by atoms with Crippen molar-refractivity contribution < 1.29 is 23.6 Å². The molecule has 1 atom stereocenters. The molecule has 1 aromatic heterocycles. The van der Waals surface area contributed by atoms with E-state index in [1.165, 1.54) is 0 Å². The minimum Gasteiger partial charge on any atom is -0.457 e. The third-order valence-electron chi connectivity index (χ3n) is 10.00. The molecule has 0 spiro atoms. The van der Waals surface area contributed by atoms with Crippen LogP contribution in [0.5, 0.6) is 11.5 Å². The molecule has 2 saturated heterocycles. The average molecular weight is 606 g/mol. The number of nitrogens with zero attached hydrogens (tertiary/aromatic N) is 2. The Hall–Kier alpha value is -4.08. The summed E-state index contributed by atoms with van der Waals surface area (Å²) in [5.74, 6) is 2.39. The number of hydrogen-bond acceptors (Lipinski definition) is 6. The van der Waals surface area contributed by atoms with Crippen LogP contribution in [-0.4, -0.2) is 45.8 Å². The molecule has 2 fully saturated rings. The zero-order valence-electron chi connectivity index (χ0n) is 26.8. The summed E-state index contributed by atoms with van der Waals surface area (Å²) in [7, 11) is -0.453. The molecule has 0 bridgehead atoms. The monoisotopic (exact) mass is 605 g/mol. The largest absolute Gasteiger partial charge is 0.494 e. The summed E-state index contributed by atoms with van der Waals surface area (Å²) in [6.45, 7) is 13.6. The van der Waals surface area contributed by atoms with E-state index >= 15 is 0 Å². The van der Waals surface area contributed by atoms with Crippen LogP contribution in [0.4, 0.5) is 4.79 Å². The quantitative estimate of drug-likeness (QED) is 0.241. The Kier molecular flexibility index (Phi) is 7.09. The van der Waals surface area contributed by atoms with Crippen molar-refractivity contribution in [2.45, 2.75) is 83.6 Å². The van der Waals surface area contributed by atoms with E-state index in [-0.39, 0.29) is 24.2 Å². The number of H-pyrrole nitrogens is 1. The zero-order valence-corrected chi connectivity index (χ0v) is 26.8. The van der Waals surface area contributed by atoms with Gasteiger partial charge in [0.1, 0.15) is 23.9 Å². The third kappa shape index (κ3) is 5.22. The lowest BCUT2D eigenvalue weighted by molar-refractivity contribution is 0.00578. The van der Waals surface area contributed by atoms with Crippen LogP contribution >= 0.6 is 0 Å². The van der Waals surface area contributed by atoms with Crippen molar-refractivity contribution in [2.24, 2.45) is 0 Å². The highest BCUT2D eigenvalue weighted by Crippen LogP contribution is 2.49. The molecule has 7 rings (SSSR count). The second-order valence-electron chi connectivity index (χ2n) is 13.9. The predicted molar refractivity (Wildman–Crippen MR) is 174 cm³/mol. The second kappa shape index (κ2) is 10.8. The molecule has 45 heavy (non-hydrogen) atoms. The van der Waals surface area contributed by atoms with Crippen LogP contribution in [0, 0.1) is 0 Å². The highest BCUT2D eigenvalue weighted by atomic mass is 16.7. The molecule has 4 heterocycles. The number of ether oxygens (including phenoxy) is 2. The third-order valence-corrected chi connectivity index (χ3v) is 10.00. The number of rotatable bonds is 5. The Balaban J connectivity index is 1.10. The van der Waals surface area contributed by atoms with E-state index in [0.29, 0.717) is 6.54 Å². The first-order chi connectivity index (χ1) is 21.4. The van der Waals surface area contributed by atoms with Gasteiger partial charge in [-0.2, -0.15) is 0 Å². The molecular formula is C36H40BN3O5. The van der Waals surface area contributed by atoms with Gasteiger partial charge in [0.25, 0.3) is 0 Å². The Morgan fingerprint density at radius 3 is 2.47 bits per heavy atom. The maximum atomic E-state index is 13.0. The number of fused-ring (bicyclic) bond motifs is 2. The Bertz CT molecular complexity index is 1730. The number of imidazole rings is 1. The highest BCUT2D eigenvalue weighted by molar-refractivity contribution is 6.62. The van der Waals surface area contributed by atoms with Crippen molar-refractivity contribution in [2.75, 3.05) is 6.54 Å². The summed E-state index contributed by atoms with van der Waals surface area (Å²) in [6, 6.07) is 22.1. The second-order valence-corrected chi connectivity index (χ2v) is 13.9. The lowest BCUT2D eigenvalue weighted by atomic mass is 9.72. The number of aromatic nitrogens is 2. The van der Waals surface area contributed by atoms with E-state index < -0.39 is 18.3 Å². The summed E-state index contributed by atoms with van der Waals surface area (Å²) >= 11 is 0. The van der Waals surface area contributed by atoms with Gasteiger partial charge < -0.3 is 23.8 Å². The first-order valence-electron chi connectivity index (χ1n) is 15.8. The topological polar surface area (TPSA) is 85.9 Å². The molecule has 1 N–H and O–H groups in total. The van der Waals surface area contributed by atoms with Gasteiger partial charge in [-0.3, -0.25) is 4.90 Å². The molecule has 1 amide bonds. The number of aromatic amines is 1. The summed E-state index contributed by atoms with van der Waals surface area (Å²) in [4.78, 5) is 23.1. The SMILES string of the molecule is CC1(C)c2ccc(B3OC(C)(C)C(C)(C)O3)cc2Oc2ccc(-c3ncc([C@H]4CCCN4C(=O)OCc4ccccc4)[nH]3)cc21. The molecular weight excluding hydrogens is 565 g/mol. The van der Waals surface area contributed by atoms with E-state index in [4.69, 9.17) is 23.8 Å². The van der Waals surface area contributed by atoms with Gasteiger partial charge in [-0.05, 0) is 75.8 Å². The van der Waals surface area contributed by atoms with Crippen molar-refractivity contribution in [3.8, 4) is 22.9 Å². The maximum Gasteiger partial charge on any atom is 0.494 e. The first kappa shape index (κ1) is 29.6. The number of carbonyl (C=O) groups excluding carboxylic acids is 1. The normalized spacial score (nSPS) is 20.8. The summed E-state index contributed by atoms with van der Waals surface area (Å²) in [5.41, 5.74) is 4.83. The van der Waals surface area contributed by atoms with Crippen molar-refractivity contribution >= 4 is 18.7 Å². The van der Waals surface area contributed by atoms with Crippen LogP contribution < -0.4 is 10.2 Å². The fourth-order valence-corrected chi connectivity index (χ4v) is 6.55. The van der Waals surface area contributed by atoms with Crippen LogP contribution in [-0.2, 0) is 26.1 Å². The van der Waals surface area contributed by atoms with E-state index in [0.717, 1.165) is 63.6 Å². The molecule has 4 aromatic rings. The molecule has 9 heteroatoms. The lowest BCUT2D eigenvalue weighted by Crippen LogP contribution is -2.41.